The molecular weight excluding hydrogens is 188 g/mol. The van der Waals surface area contributed by atoms with Gasteiger partial charge in [-0.3, -0.25) is 9.59 Å². The van der Waals surface area contributed by atoms with Crippen LogP contribution in [0, 0.1) is 4.91 Å². The fraction of sp³-hybridized carbons (Fsp3) is 0. The van der Waals surface area contributed by atoms with Crippen molar-refractivity contribution < 1.29 is 9.90 Å². The van der Waals surface area contributed by atoms with Crippen molar-refractivity contribution in [1.29, 1.82) is 0 Å². The lowest BCUT2D eigenvalue weighted by Crippen LogP contribution is -1.99. The first-order valence-electron chi connectivity index (χ1n) is 3.60. The third-order valence-corrected chi connectivity index (χ3v) is 1.51. The largest absolute Gasteiger partial charge is 0.503 e. The number of aromatic hydroxyl groups is 1. The number of nitrogens with zero attached hydrogens (tertiary/aromatic N) is 1. The second-order valence-electron chi connectivity index (χ2n) is 2.38. The first-order valence-corrected chi connectivity index (χ1v) is 3.60. The fourth-order valence-electron chi connectivity index (χ4n) is 0.867. The molecule has 1 rings (SSSR count). The van der Waals surface area contributed by atoms with Crippen LogP contribution in [-0.4, -0.2) is 11.5 Å². The van der Waals surface area contributed by atoms with Gasteiger partial charge in [0.1, 0.15) is 5.69 Å². The number of nitrogens with one attached hydrogen (secondary N) is 1. The van der Waals surface area contributed by atoms with Gasteiger partial charge >= 0.3 is 0 Å². The van der Waals surface area contributed by atoms with Gasteiger partial charge in [-0.25, -0.2) is 0 Å². The highest BCUT2D eigenvalue weighted by molar-refractivity contribution is 5.76. The Labute approximate surface area is 78.2 Å². The van der Waals surface area contributed by atoms with Crippen molar-refractivity contribution in [3.8, 4) is 5.75 Å². The molecule has 2 N–H and O–H groups in total. The third-order valence-electron chi connectivity index (χ3n) is 1.51. The fourth-order valence-corrected chi connectivity index (χ4v) is 0.867. The maximum atomic E-state index is 11.0. The number of hydrogen-bond donors (Lipinski definition) is 2. The lowest BCUT2D eigenvalue weighted by atomic mass is 10.4. The van der Waals surface area contributed by atoms with Crippen molar-refractivity contribution >= 4 is 17.8 Å². The molecule has 14 heavy (non-hydrogen) atoms. The van der Waals surface area contributed by atoms with E-state index in [1.807, 2.05) is 0 Å². The van der Waals surface area contributed by atoms with Gasteiger partial charge in [-0.05, 0) is 23.4 Å². The van der Waals surface area contributed by atoms with Crippen LogP contribution in [0.4, 0.5) is 11.4 Å². The van der Waals surface area contributed by atoms with Gasteiger partial charge in [0.05, 0.1) is 5.69 Å². The van der Waals surface area contributed by atoms with Crippen molar-refractivity contribution in [2.45, 2.75) is 0 Å². The molecular formula is C8H6N2O4. The summed E-state index contributed by atoms with van der Waals surface area (Å²) in [5.41, 5.74) is -0.916. The Morgan fingerprint density at radius 1 is 1.43 bits per heavy atom. The normalized spacial score (nSPS) is 9.14. The van der Waals surface area contributed by atoms with Gasteiger partial charge in [0, 0.05) is 0 Å². The molecule has 1 amide bonds. The number of carbonyl (C=O) groups excluding carboxylic acids is 1. The van der Waals surface area contributed by atoms with Crippen molar-refractivity contribution in [2.24, 2.45) is 5.18 Å². The van der Waals surface area contributed by atoms with Crippen LogP contribution in [0.1, 0.15) is 0 Å². The standard InChI is InChI=1S/C8H6N2O4/c11-4-9-6-3-5(10-14)1-2-7(12)8(6)13/h1-4H,(H2,9,11,12,13). The Balaban J connectivity index is 3.46. The molecule has 0 bridgehead atoms. The minimum Gasteiger partial charge on any atom is -0.503 e. The molecule has 1 aromatic carbocycles. The molecule has 0 heterocycles. The molecule has 72 valence electrons. The summed E-state index contributed by atoms with van der Waals surface area (Å²) in [6.45, 7) is 0. The van der Waals surface area contributed by atoms with E-state index in [4.69, 9.17) is 0 Å². The maximum Gasteiger partial charge on any atom is 0.222 e. The second-order valence-corrected chi connectivity index (χ2v) is 2.38. The highest BCUT2D eigenvalue weighted by atomic mass is 16.3. The van der Waals surface area contributed by atoms with Crippen LogP contribution in [0.15, 0.2) is 28.2 Å². The van der Waals surface area contributed by atoms with Gasteiger partial charge in [0.2, 0.25) is 11.8 Å². The van der Waals surface area contributed by atoms with E-state index in [1.54, 1.807) is 0 Å². The topological polar surface area (TPSA) is 95.8 Å². The summed E-state index contributed by atoms with van der Waals surface area (Å²) in [7, 11) is 0. The molecule has 0 saturated heterocycles. The lowest BCUT2D eigenvalue weighted by molar-refractivity contribution is -0.105. The van der Waals surface area contributed by atoms with Crippen molar-refractivity contribution in [2.75, 3.05) is 5.32 Å². The van der Waals surface area contributed by atoms with E-state index in [0.717, 1.165) is 18.2 Å². The summed E-state index contributed by atoms with van der Waals surface area (Å²) in [5, 5.41) is 13.9. The van der Waals surface area contributed by atoms with Crippen molar-refractivity contribution in [3.05, 3.63) is 33.3 Å². The second kappa shape index (κ2) is 4.13. The van der Waals surface area contributed by atoms with Gasteiger partial charge < -0.3 is 10.4 Å². The van der Waals surface area contributed by atoms with Crippen LogP contribution in [0.2, 0.25) is 0 Å². The van der Waals surface area contributed by atoms with Crippen molar-refractivity contribution in [3.63, 3.8) is 0 Å². The average Bonchev–Trinajstić information content (AvgIpc) is 2.32. The van der Waals surface area contributed by atoms with Crippen LogP contribution < -0.4 is 10.7 Å². The number of anilines is 1. The SMILES string of the molecule is O=CNc1cc(N=O)ccc(=O)c1O. The molecule has 0 saturated carbocycles. The predicted octanol–water partition coefficient (Wildman–Crippen LogP) is 0.719. The smallest absolute Gasteiger partial charge is 0.222 e. The Bertz CT molecular complexity index is 430. The average molecular weight is 194 g/mol. The number of amides is 1. The number of carbonyl (C=O) groups is 1. The Morgan fingerprint density at radius 3 is 2.71 bits per heavy atom. The van der Waals surface area contributed by atoms with E-state index in [1.165, 1.54) is 0 Å². The monoisotopic (exact) mass is 194 g/mol. The number of rotatable bonds is 3. The van der Waals surface area contributed by atoms with Crippen LogP contribution >= 0.6 is 0 Å². The van der Waals surface area contributed by atoms with Gasteiger partial charge in [-0.15, -0.1) is 4.91 Å². The number of nitroso groups, excluding NO2 is 1. The highest BCUT2D eigenvalue weighted by Gasteiger charge is 2.04. The molecule has 6 heteroatoms. The van der Waals surface area contributed by atoms with Gasteiger partial charge in [-0.2, -0.15) is 0 Å². The molecule has 0 radical (unpaired) electrons. The molecule has 6 nitrogen and oxygen atoms in total. The van der Waals surface area contributed by atoms with Crippen LogP contribution in [0.3, 0.4) is 0 Å². The molecule has 0 aliphatic carbocycles. The quantitative estimate of drug-likeness (QED) is 0.547. The van der Waals surface area contributed by atoms with E-state index in [-0.39, 0.29) is 17.8 Å². The van der Waals surface area contributed by atoms with E-state index in [2.05, 4.69) is 10.5 Å². The van der Waals surface area contributed by atoms with Crippen LogP contribution in [-0.2, 0) is 4.79 Å². The zero-order valence-corrected chi connectivity index (χ0v) is 6.93. The van der Waals surface area contributed by atoms with E-state index >= 15 is 0 Å². The summed E-state index contributed by atoms with van der Waals surface area (Å²) in [6.07, 6.45) is 0.281. The summed E-state index contributed by atoms with van der Waals surface area (Å²) in [6, 6.07) is 3.23. The Morgan fingerprint density at radius 2 is 2.14 bits per heavy atom. The summed E-state index contributed by atoms with van der Waals surface area (Å²) in [4.78, 5) is 31.3. The third kappa shape index (κ3) is 1.92. The zero-order valence-electron chi connectivity index (χ0n) is 6.93. The predicted molar refractivity (Wildman–Crippen MR) is 49.5 cm³/mol. The minimum atomic E-state index is -0.704. The molecule has 0 fully saturated rings. The number of hydrogen-bond acceptors (Lipinski definition) is 5. The van der Waals surface area contributed by atoms with Crippen LogP contribution in [0.5, 0.6) is 5.75 Å². The lowest BCUT2D eigenvalue weighted by Gasteiger charge is -1.95. The zero-order chi connectivity index (χ0) is 10.6. The van der Waals surface area contributed by atoms with E-state index in [0.29, 0.717) is 0 Å². The maximum absolute atomic E-state index is 11.0. The Kier molecular flexibility index (Phi) is 2.90. The Hall–Kier alpha value is -2.24. The molecule has 0 aromatic heterocycles. The first-order chi connectivity index (χ1) is 6.69. The van der Waals surface area contributed by atoms with Crippen LogP contribution in [0.25, 0.3) is 0 Å². The molecule has 0 aliphatic rings. The molecule has 0 spiro atoms. The van der Waals surface area contributed by atoms with Crippen molar-refractivity contribution in [1.82, 2.24) is 0 Å². The van der Waals surface area contributed by atoms with E-state index in [9.17, 15) is 19.6 Å². The summed E-state index contributed by atoms with van der Waals surface area (Å²) < 4.78 is 0. The minimum absolute atomic E-state index is 0.0632. The highest BCUT2D eigenvalue weighted by Crippen LogP contribution is 2.21. The summed E-state index contributed by atoms with van der Waals surface area (Å²) in [5.74, 6) is -0.632. The van der Waals surface area contributed by atoms with Gasteiger partial charge in [0.15, 0.2) is 5.75 Å². The van der Waals surface area contributed by atoms with E-state index < -0.39 is 11.2 Å². The summed E-state index contributed by atoms with van der Waals surface area (Å²) >= 11 is 0. The molecule has 0 atom stereocenters. The van der Waals surface area contributed by atoms with Gasteiger partial charge in [-0.1, -0.05) is 0 Å². The molecule has 0 aliphatic heterocycles. The molecule has 0 unspecified atom stereocenters. The van der Waals surface area contributed by atoms with Gasteiger partial charge in [0.25, 0.3) is 0 Å². The first kappa shape index (κ1) is 9.85. The molecule has 1 aromatic rings.